The molecule has 4 rings (SSSR count). The van der Waals surface area contributed by atoms with Crippen molar-refractivity contribution in [3.05, 3.63) is 103 Å². The average Bonchev–Trinajstić information content (AvgIpc) is 3.02. The maximum atomic E-state index is 12.6. The van der Waals surface area contributed by atoms with E-state index in [1.54, 1.807) is 18.2 Å². The number of aromatic nitrogens is 1. The number of nitrogens with one attached hydrogen (secondary N) is 2. The molecular weight excluding hydrogens is 606 g/mol. The molecule has 0 saturated carbocycles. The fraction of sp³-hybridized carbons (Fsp3) is 0.147. The van der Waals surface area contributed by atoms with Crippen molar-refractivity contribution < 1.29 is 39.5 Å². The number of benzene rings is 3. The van der Waals surface area contributed by atoms with Crippen molar-refractivity contribution in [3.63, 3.8) is 0 Å². The third kappa shape index (κ3) is 12.0. The molecule has 13 nitrogen and oxygen atoms in total. The smallest absolute Gasteiger partial charge is 0.328 e. The molecular formula is C34H35N5O8. The van der Waals surface area contributed by atoms with Crippen LogP contribution in [0.3, 0.4) is 0 Å². The highest BCUT2D eigenvalue weighted by atomic mass is 16.5. The van der Waals surface area contributed by atoms with Crippen molar-refractivity contribution >= 4 is 45.8 Å². The number of hydrogen-bond acceptors (Lipinski definition) is 9. The molecule has 1 amide bonds. The molecule has 0 saturated heterocycles. The van der Waals surface area contributed by atoms with Crippen molar-refractivity contribution in [2.45, 2.75) is 6.92 Å². The Balaban J connectivity index is 0.000000758. The van der Waals surface area contributed by atoms with Crippen LogP contribution < -0.4 is 20.1 Å². The number of amides is 1. The van der Waals surface area contributed by atoms with Gasteiger partial charge in [-0.25, -0.2) is 9.59 Å². The summed E-state index contributed by atoms with van der Waals surface area (Å²) in [7, 11) is 3.86. The van der Waals surface area contributed by atoms with Crippen LogP contribution in [-0.4, -0.2) is 70.7 Å². The van der Waals surface area contributed by atoms with Crippen LogP contribution in [-0.2, 0) is 14.4 Å². The first-order chi connectivity index (χ1) is 22.1. The van der Waals surface area contributed by atoms with Gasteiger partial charge in [-0.1, -0.05) is 24.3 Å². The minimum Gasteiger partial charge on any atom is -0.492 e. The summed E-state index contributed by atoms with van der Waals surface area (Å²) in [4.78, 5) is 38.1. The van der Waals surface area contributed by atoms with Gasteiger partial charge in [0.05, 0.1) is 29.1 Å². The Hall–Kier alpha value is -6.23. The summed E-state index contributed by atoms with van der Waals surface area (Å²) in [5, 5.41) is 32.3. The first kappa shape index (κ1) is 37.0. The number of fused-ring (bicyclic) bond motifs is 1. The summed E-state index contributed by atoms with van der Waals surface area (Å²) in [5.74, 6) is -0.855. The monoisotopic (exact) mass is 641 g/mol. The molecule has 0 spiro atoms. The maximum Gasteiger partial charge on any atom is 0.328 e. The van der Waals surface area contributed by atoms with Gasteiger partial charge in [0.1, 0.15) is 23.3 Å². The third-order valence-electron chi connectivity index (χ3n) is 5.86. The normalized spacial score (nSPS) is 10.4. The Labute approximate surface area is 271 Å². The second-order valence-corrected chi connectivity index (χ2v) is 9.69. The molecule has 0 unspecified atom stereocenters. The molecule has 4 aromatic rings. The van der Waals surface area contributed by atoms with Gasteiger partial charge in [0.15, 0.2) is 0 Å². The lowest BCUT2D eigenvalue weighted by Crippen LogP contribution is -2.13. The number of pyridine rings is 1. The fourth-order valence-electron chi connectivity index (χ4n) is 3.87. The van der Waals surface area contributed by atoms with Crippen LogP contribution in [0.25, 0.3) is 10.9 Å². The number of aliphatic carboxylic acids is 2. The van der Waals surface area contributed by atoms with Crippen molar-refractivity contribution in [2.75, 3.05) is 37.9 Å². The second-order valence-electron chi connectivity index (χ2n) is 9.69. The van der Waals surface area contributed by atoms with E-state index in [2.05, 4.69) is 21.7 Å². The van der Waals surface area contributed by atoms with E-state index in [1.807, 2.05) is 80.5 Å². The van der Waals surface area contributed by atoms with Gasteiger partial charge in [0, 0.05) is 48.1 Å². The molecule has 0 bridgehead atoms. The van der Waals surface area contributed by atoms with Crippen molar-refractivity contribution in [1.82, 2.24) is 9.88 Å². The molecule has 1 aromatic heterocycles. The minimum absolute atomic E-state index is 0. The molecule has 244 valence electrons. The predicted molar refractivity (Wildman–Crippen MR) is 178 cm³/mol. The number of carboxylic acid groups (broad SMARTS) is 2. The van der Waals surface area contributed by atoms with Gasteiger partial charge in [-0.15, -0.1) is 0 Å². The number of ether oxygens (including phenoxy) is 2. The lowest BCUT2D eigenvalue weighted by molar-refractivity contribution is -0.134. The van der Waals surface area contributed by atoms with Gasteiger partial charge in [-0.05, 0) is 63.5 Å². The Kier molecular flexibility index (Phi) is 14.6. The zero-order valence-electron chi connectivity index (χ0n) is 25.9. The van der Waals surface area contributed by atoms with Gasteiger partial charge < -0.3 is 40.7 Å². The van der Waals surface area contributed by atoms with E-state index >= 15 is 0 Å². The topological polar surface area (TPSA) is 206 Å². The summed E-state index contributed by atoms with van der Waals surface area (Å²) in [6.45, 7) is 2.93. The van der Waals surface area contributed by atoms with Gasteiger partial charge in [0.2, 0.25) is 5.91 Å². The molecule has 3 aromatic carbocycles. The Bertz CT molecular complexity index is 1750. The molecule has 6 N–H and O–H groups in total. The number of carboxylic acids is 2. The molecule has 0 aliphatic rings. The van der Waals surface area contributed by atoms with Gasteiger partial charge in [-0.3, -0.25) is 9.78 Å². The highest BCUT2D eigenvalue weighted by Gasteiger charge is 2.15. The summed E-state index contributed by atoms with van der Waals surface area (Å²) < 4.78 is 11.7. The Morgan fingerprint density at radius 1 is 0.957 bits per heavy atom. The lowest BCUT2D eigenvalue weighted by atomic mass is 10.1. The molecule has 0 fully saturated rings. The number of carbonyl (C=O) groups excluding carboxylic acids is 1. The number of para-hydroxylation sites is 1. The first-order valence-corrected chi connectivity index (χ1v) is 14.0. The van der Waals surface area contributed by atoms with Crippen LogP contribution in [0.15, 0.2) is 97.2 Å². The van der Waals surface area contributed by atoms with E-state index in [4.69, 9.17) is 19.7 Å². The molecule has 0 aliphatic carbocycles. The van der Waals surface area contributed by atoms with Crippen molar-refractivity contribution in [3.8, 4) is 23.3 Å². The van der Waals surface area contributed by atoms with Gasteiger partial charge in [-0.2, -0.15) is 5.26 Å². The standard InChI is InChI=1S/C30H29N5O3.C4H4O4.H2O/c1-4-37-28-18-26-25(17-27(28)34-29(36)11-8-16-35(2)3)30(21(19-31)20-32-26)33-22-12-14-24(15-13-22)38-23-9-6-5-7-10-23;5-3(6)1-2-4(7)8;/h5-15,17-18,20H,4,16H2,1-3H3,(H,32,33)(H,34,36);1-2H,(H,5,6)(H,7,8);1H2/b11-8+;2-1-;. The van der Waals surface area contributed by atoms with Crippen LogP contribution in [0.1, 0.15) is 12.5 Å². The van der Waals surface area contributed by atoms with Crippen LogP contribution in [0.5, 0.6) is 17.2 Å². The molecule has 0 radical (unpaired) electrons. The number of carbonyl (C=O) groups is 3. The first-order valence-electron chi connectivity index (χ1n) is 14.0. The molecule has 47 heavy (non-hydrogen) atoms. The van der Waals surface area contributed by atoms with Crippen LogP contribution in [0.2, 0.25) is 0 Å². The number of likely N-dealkylation sites (N-methyl/N-ethyl adjacent to an activating group) is 1. The number of nitrogens with zero attached hydrogens (tertiary/aromatic N) is 3. The second kappa shape index (κ2) is 18.5. The summed E-state index contributed by atoms with van der Waals surface area (Å²) >= 11 is 0. The molecule has 13 heteroatoms. The zero-order valence-corrected chi connectivity index (χ0v) is 25.9. The minimum atomic E-state index is -1.26. The molecule has 1 heterocycles. The Morgan fingerprint density at radius 3 is 2.17 bits per heavy atom. The summed E-state index contributed by atoms with van der Waals surface area (Å²) in [6, 6.07) is 22.7. The van der Waals surface area contributed by atoms with E-state index in [9.17, 15) is 19.6 Å². The highest BCUT2D eigenvalue weighted by molar-refractivity contribution is 6.04. The number of anilines is 3. The van der Waals surface area contributed by atoms with Crippen LogP contribution in [0.4, 0.5) is 17.1 Å². The van der Waals surface area contributed by atoms with Crippen molar-refractivity contribution in [1.29, 1.82) is 5.26 Å². The maximum absolute atomic E-state index is 12.6. The third-order valence-corrected chi connectivity index (χ3v) is 5.86. The summed E-state index contributed by atoms with van der Waals surface area (Å²) in [6.07, 6.45) is 5.91. The van der Waals surface area contributed by atoms with E-state index in [0.717, 1.165) is 11.4 Å². The van der Waals surface area contributed by atoms with E-state index < -0.39 is 11.9 Å². The van der Waals surface area contributed by atoms with Crippen LogP contribution in [0, 0.1) is 11.3 Å². The highest BCUT2D eigenvalue weighted by Crippen LogP contribution is 2.36. The molecule has 0 atom stereocenters. The van der Waals surface area contributed by atoms with E-state index in [-0.39, 0.29) is 11.4 Å². The zero-order chi connectivity index (χ0) is 33.5. The summed E-state index contributed by atoms with van der Waals surface area (Å²) in [5.41, 5.74) is 2.83. The SMILES string of the molecule is CCOc1cc2ncc(C#N)c(Nc3ccc(Oc4ccccc4)cc3)c2cc1NC(=O)/C=C/CN(C)C.O.O=C(O)/C=C\C(=O)O. The van der Waals surface area contributed by atoms with Gasteiger partial charge >= 0.3 is 11.9 Å². The lowest BCUT2D eigenvalue weighted by Gasteiger charge is -2.16. The van der Waals surface area contributed by atoms with E-state index in [0.29, 0.717) is 64.6 Å². The van der Waals surface area contributed by atoms with Crippen LogP contribution >= 0.6 is 0 Å². The number of rotatable bonds is 12. The largest absolute Gasteiger partial charge is 0.492 e. The number of nitriles is 1. The van der Waals surface area contributed by atoms with E-state index in [1.165, 1.54) is 12.3 Å². The quantitative estimate of drug-likeness (QED) is 0.152. The Morgan fingerprint density at radius 2 is 1.60 bits per heavy atom. The fourth-order valence-corrected chi connectivity index (χ4v) is 3.87. The number of hydrogen-bond donors (Lipinski definition) is 4. The predicted octanol–water partition coefficient (Wildman–Crippen LogP) is 4.98. The average molecular weight is 642 g/mol. The molecule has 0 aliphatic heterocycles. The van der Waals surface area contributed by atoms with Gasteiger partial charge in [0.25, 0.3) is 0 Å². The van der Waals surface area contributed by atoms with Crippen molar-refractivity contribution in [2.24, 2.45) is 0 Å².